The minimum atomic E-state index is -0.183. The maximum absolute atomic E-state index is 14.3. The van der Waals surface area contributed by atoms with Crippen LogP contribution in [-0.4, -0.2) is 28.9 Å². The third-order valence-corrected chi connectivity index (χ3v) is 6.11. The molecule has 3 aromatic rings. The number of piperidine rings is 1. The Balaban J connectivity index is 0.00000193. The molecule has 1 aliphatic rings. The fourth-order valence-electron chi connectivity index (χ4n) is 4.28. The van der Waals surface area contributed by atoms with E-state index in [1.807, 2.05) is 41.4 Å². The summed E-state index contributed by atoms with van der Waals surface area (Å²) in [6.07, 6.45) is 6.73. The molecule has 2 heterocycles. The Morgan fingerprint density at radius 2 is 1.64 bits per heavy atom. The number of likely N-dealkylation sites (tertiary alicyclic amines) is 1. The van der Waals surface area contributed by atoms with E-state index in [1.54, 1.807) is 12.3 Å². The number of hydrogen-bond donors (Lipinski definition) is 1. The zero-order valence-corrected chi connectivity index (χ0v) is 20.1. The number of aromatic nitrogens is 1. The minimum absolute atomic E-state index is 0. The van der Waals surface area contributed by atoms with Crippen molar-refractivity contribution in [2.75, 3.05) is 13.1 Å². The fraction of sp³-hybridized carbons (Fsp3) is 0.308. The van der Waals surface area contributed by atoms with Crippen molar-refractivity contribution in [3.05, 3.63) is 101 Å². The minimum Gasteiger partial charge on any atom is -0.339 e. The summed E-state index contributed by atoms with van der Waals surface area (Å²) in [6, 6.07) is 17.4. The van der Waals surface area contributed by atoms with Crippen LogP contribution in [0.3, 0.4) is 0 Å². The van der Waals surface area contributed by atoms with Crippen LogP contribution in [0, 0.1) is 5.82 Å². The Hall–Kier alpha value is -2.47. The number of nitrogens with two attached hydrogens (primary N) is 1. The third-order valence-electron chi connectivity index (χ3n) is 6.11. The van der Waals surface area contributed by atoms with Crippen molar-refractivity contribution in [3.63, 3.8) is 0 Å². The van der Waals surface area contributed by atoms with E-state index in [0.717, 1.165) is 42.4 Å². The highest BCUT2D eigenvalue weighted by atomic mass is 35.5. The van der Waals surface area contributed by atoms with E-state index in [-0.39, 0.29) is 42.5 Å². The van der Waals surface area contributed by atoms with Gasteiger partial charge in [-0.1, -0.05) is 42.5 Å². The van der Waals surface area contributed by atoms with Crippen LogP contribution in [0.4, 0.5) is 4.39 Å². The molecule has 1 saturated heterocycles. The molecule has 0 atom stereocenters. The number of halogens is 3. The number of benzene rings is 2. The molecule has 4 nitrogen and oxygen atoms in total. The van der Waals surface area contributed by atoms with Crippen molar-refractivity contribution >= 4 is 30.7 Å². The van der Waals surface area contributed by atoms with Gasteiger partial charge in [-0.25, -0.2) is 4.39 Å². The first-order chi connectivity index (χ1) is 15.1. The molecule has 0 unspecified atom stereocenters. The summed E-state index contributed by atoms with van der Waals surface area (Å²) >= 11 is 0. The first-order valence-corrected chi connectivity index (χ1v) is 10.9. The number of amides is 1. The predicted octanol–water partition coefficient (Wildman–Crippen LogP) is 5.33. The van der Waals surface area contributed by atoms with Gasteiger partial charge in [-0.2, -0.15) is 0 Å². The molecular formula is C26H30Cl2FN3O. The van der Waals surface area contributed by atoms with Gasteiger partial charge < -0.3 is 10.6 Å². The number of carbonyl (C=O) groups excluding carboxylic acids is 1. The fourth-order valence-corrected chi connectivity index (χ4v) is 4.28. The highest BCUT2D eigenvalue weighted by molar-refractivity contribution is 5.94. The Morgan fingerprint density at radius 3 is 2.33 bits per heavy atom. The van der Waals surface area contributed by atoms with E-state index in [2.05, 4.69) is 17.1 Å². The lowest BCUT2D eigenvalue weighted by molar-refractivity contribution is 0.0712. The first-order valence-electron chi connectivity index (χ1n) is 10.9. The summed E-state index contributed by atoms with van der Waals surface area (Å²) in [5.74, 6) is -0.0631. The second-order valence-electron chi connectivity index (χ2n) is 8.19. The Morgan fingerprint density at radius 1 is 0.939 bits per heavy atom. The second-order valence-corrected chi connectivity index (χ2v) is 8.19. The molecule has 0 aliphatic carbocycles. The van der Waals surface area contributed by atoms with Crippen LogP contribution >= 0.6 is 24.8 Å². The van der Waals surface area contributed by atoms with Crippen LogP contribution in [0.25, 0.3) is 0 Å². The van der Waals surface area contributed by atoms with E-state index >= 15 is 0 Å². The van der Waals surface area contributed by atoms with E-state index in [1.165, 1.54) is 11.6 Å². The van der Waals surface area contributed by atoms with Crippen molar-refractivity contribution in [2.45, 2.75) is 38.1 Å². The topological polar surface area (TPSA) is 59.2 Å². The van der Waals surface area contributed by atoms with Crippen LogP contribution in [0.2, 0.25) is 0 Å². The van der Waals surface area contributed by atoms with Crippen LogP contribution in [-0.2, 0) is 19.4 Å². The molecule has 0 bridgehead atoms. The summed E-state index contributed by atoms with van der Waals surface area (Å²) in [5, 5.41) is 0. The molecule has 33 heavy (non-hydrogen) atoms. The van der Waals surface area contributed by atoms with Gasteiger partial charge in [0.1, 0.15) is 5.82 Å². The van der Waals surface area contributed by atoms with Gasteiger partial charge in [-0.3, -0.25) is 9.78 Å². The summed E-state index contributed by atoms with van der Waals surface area (Å²) in [5.41, 5.74) is 10.3. The van der Waals surface area contributed by atoms with Crippen molar-refractivity contribution in [1.29, 1.82) is 0 Å². The molecule has 1 aromatic heterocycles. The lowest BCUT2D eigenvalue weighted by Gasteiger charge is -2.32. The maximum atomic E-state index is 14.3. The lowest BCUT2D eigenvalue weighted by atomic mass is 9.88. The zero-order chi connectivity index (χ0) is 21.6. The van der Waals surface area contributed by atoms with Gasteiger partial charge in [0.15, 0.2) is 0 Å². The maximum Gasteiger partial charge on any atom is 0.255 e. The van der Waals surface area contributed by atoms with Crippen molar-refractivity contribution in [3.8, 4) is 0 Å². The van der Waals surface area contributed by atoms with Crippen LogP contribution in [0.15, 0.2) is 67.0 Å². The molecule has 176 valence electrons. The number of rotatable bonds is 6. The summed E-state index contributed by atoms with van der Waals surface area (Å²) in [4.78, 5) is 19.2. The normalized spacial score (nSPS) is 13.7. The van der Waals surface area contributed by atoms with E-state index in [4.69, 9.17) is 5.73 Å². The molecule has 1 aliphatic heterocycles. The van der Waals surface area contributed by atoms with E-state index < -0.39 is 0 Å². The first kappa shape index (κ1) is 26.8. The van der Waals surface area contributed by atoms with Gasteiger partial charge in [-0.05, 0) is 66.0 Å². The monoisotopic (exact) mass is 489 g/mol. The third kappa shape index (κ3) is 6.76. The molecule has 1 fully saturated rings. The average molecular weight is 490 g/mol. The van der Waals surface area contributed by atoms with Gasteiger partial charge in [0.2, 0.25) is 0 Å². The molecule has 4 rings (SSSR count). The summed E-state index contributed by atoms with van der Waals surface area (Å²) < 4.78 is 14.3. The van der Waals surface area contributed by atoms with Gasteiger partial charge in [0.25, 0.3) is 5.91 Å². The summed E-state index contributed by atoms with van der Waals surface area (Å²) in [6.45, 7) is 1.63. The molecule has 0 saturated carbocycles. The molecular weight excluding hydrogens is 460 g/mol. The van der Waals surface area contributed by atoms with Crippen LogP contribution in [0.5, 0.6) is 0 Å². The highest BCUT2D eigenvalue weighted by Crippen LogP contribution is 2.31. The number of pyridine rings is 1. The molecule has 0 spiro atoms. The largest absolute Gasteiger partial charge is 0.339 e. The quantitative estimate of drug-likeness (QED) is 0.508. The lowest BCUT2D eigenvalue weighted by Crippen LogP contribution is -2.38. The second kappa shape index (κ2) is 12.7. The zero-order valence-electron chi connectivity index (χ0n) is 18.5. The van der Waals surface area contributed by atoms with Gasteiger partial charge in [0.05, 0.1) is 5.56 Å². The van der Waals surface area contributed by atoms with Gasteiger partial charge in [-0.15, -0.1) is 24.8 Å². The van der Waals surface area contributed by atoms with E-state index in [9.17, 15) is 9.18 Å². The standard InChI is InChI=1S/C26H28FN3O.2ClH/c27-25-9-8-20(16-28)15-24(25)22-10-12-30(13-11-22)26(31)23-14-21(17-29-18-23)7-6-19-4-2-1-3-5-19;;/h1-5,8-9,14-15,17-18,22H,6-7,10-13,16,28H2;2*1H. The number of aryl methyl sites for hydroxylation is 2. The van der Waals surface area contributed by atoms with Gasteiger partial charge >= 0.3 is 0 Å². The molecule has 1 amide bonds. The summed E-state index contributed by atoms with van der Waals surface area (Å²) in [7, 11) is 0. The number of carbonyl (C=O) groups is 1. The Bertz CT molecular complexity index is 1040. The van der Waals surface area contributed by atoms with Crippen molar-refractivity contribution < 1.29 is 9.18 Å². The number of nitrogens with zero attached hydrogens (tertiary/aromatic N) is 2. The molecule has 7 heteroatoms. The smallest absolute Gasteiger partial charge is 0.255 e. The number of hydrogen-bond acceptors (Lipinski definition) is 3. The van der Waals surface area contributed by atoms with Crippen LogP contribution < -0.4 is 5.73 Å². The molecule has 0 radical (unpaired) electrons. The van der Waals surface area contributed by atoms with E-state index in [0.29, 0.717) is 25.2 Å². The van der Waals surface area contributed by atoms with Crippen LogP contribution in [0.1, 0.15) is 51.4 Å². The SMILES string of the molecule is Cl.Cl.NCc1ccc(F)c(C2CCN(C(=O)c3cncc(CCc4ccccc4)c3)CC2)c1. The van der Waals surface area contributed by atoms with Crippen molar-refractivity contribution in [1.82, 2.24) is 9.88 Å². The average Bonchev–Trinajstić information content (AvgIpc) is 2.83. The predicted molar refractivity (Wildman–Crippen MR) is 135 cm³/mol. The van der Waals surface area contributed by atoms with Gasteiger partial charge in [0, 0.05) is 32.0 Å². The molecule has 2 N–H and O–H groups in total. The van der Waals surface area contributed by atoms with Crippen molar-refractivity contribution in [2.24, 2.45) is 5.73 Å². The Labute approximate surface area is 207 Å². The Kier molecular flexibility index (Phi) is 10.3. The highest BCUT2D eigenvalue weighted by Gasteiger charge is 2.26. The molecule has 2 aromatic carbocycles.